The Balaban J connectivity index is 2.33. The smallest absolute Gasteiger partial charge is 0.335 e. The van der Waals surface area contributed by atoms with Crippen LogP contribution in [-0.4, -0.2) is 31.8 Å². The monoisotopic (exact) mass is 433 g/mol. The molecule has 0 aliphatic rings. The topological polar surface area (TPSA) is 83.9 Å². The number of carbonyl (C=O) groups is 1. The van der Waals surface area contributed by atoms with Crippen molar-refractivity contribution >= 4 is 21.7 Å². The van der Waals surface area contributed by atoms with Gasteiger partial charge < -0.3 is 9.84 Å². The quantitative estimate of drug-likeness (QED) is 0.547. The Bertz CT molecular complexity index is 952. The minimum absolute atomic E-state index is 0.0975. The maximum atomic E-state index is 13.1. The van der Waals surface area contributed by atoms with Crippen molar-refractivity contribution < 1.29 is 23.1 Å². The molecule has 0 aliphatic carbocycles. The summed E-state index contributed by atoms with van der Waals surface area (Å²) in [4.78, 5) is 11.0. The molecule has 7 heteroatoms. The molecule has 0 aliphatic heterocycles. The van der Waals surface area contributed by atoms with Crippen LogP contribution >= 0.6 is 0 Å². The van der Waals surface area contributed by atoms with Gasteiger partial charge in [-0.3, -0.25) is 4.31 Å². The minimum Gasteiger partial charge on any atom is -0.487 e. The number of hydrogen-bond acceptors (Lipinski definition) is 4. The molecule has 2 aromatic carbocycles. The van der Waals surface area contributed by atoms with Gasteiger partial charge in [-0.1, -0.05) is 45.4 Å². The maximum absolute atomic E-state index is 13.1. The first-order chi connectivity index (χ1) is 14.1. The van der Waals surface area contributed by atoms with Crippen LogP contribution in [0, 0.1) is 12.8 Å². The van der Waals surface area contributed by atoms with Gasteiger partial charge >= 0.3 is 5.97 Å². The van der Waals surface area contributed by atoms with Gasteiger partial charge in [0.25, 0.3) is 0 Å². The van der Waals surface area contributed by atoms with E-state index in [9.17, 15) is 13.2 Å². The van der Waals surface area contributed by atoms with E-state index in [1.165, 1.54) is 16.4 Å². The zero-order valence-corrected chi connectivity index (χ0v) is 18.9. The number of aromatic carboxylic acids is 1. The van der Waals surface area contributed by atoms with Crippen molar-refractivity contribution in [3.63, 3.8) is 0 Å². The van der Waals surface area contributed by atoms with Gasteiger partial charge in [0.1, 0.15) is 12.4 Å². The Morgan fingerprint density at radius 3 is 2.37 bits per heavy atom. The van der Waals surface area contributed by atoms with Gasteiger partial charge in [-0.2, -0.15) is 0 Å². The number of carboxylic acid groups (broad SMARTS) is 1. The number of carboxylic acids is 1. The summed E-state index contributed by atoms with van der Waals surface area (Å²) in [6.45, 7) is 8.45. The molecule has 0 radical (unpaired) electrons. The van der Waals surface area contributed by atoms with Crippen LogP contribution in [0.25, 0.3) is 0 Å². The van der Waals surface area contributed by atoms with E-state index in [0.717, 1.165) is 17.5 Å². The van der Waals surface area contributed by atoms with E-state index in [1.54, 1.807) is 18.2 Å². The molecular weight excluding hydrogens is 402 g/mol. The highest BCUT2D eigenvalue weighted by Gasteiger charge is 2.26. The number of hydrogen-bond donors (Lipinski definition) is 1. The lowest BCUT2D eigenvalue weighted by Gasteiger charge is -2.28. The SMILES string of the molecule is CCCCS(=O)(=O)N(CC(C)C)c1cc(C)ccc1OCc1ccc(C(=O)O)cc1. The van der Waals surface area contributed by atoms with Crippen LogP contribution in [0.5, 0.6) is 5.75 Å². The molecule has 0 atom stereocenters. The Labute approximate surface area is 179 Å². The van der Waals surface area contributed by atoms with E-state index in [0.29, 0.717) is 24.4 Å². The standard InChI is InChI=1S/C23H31NO5S/c1-5-6-13-30(27,28)24(15-17(2)3)21-14-18(4)7-12-22(21)29-16-19-8-10-20(11-9-19)23(25)26/h7-12,14,17H,5-6,13,15-16H2,1-4H3,(H,25,26). The van der Waals surface area contributed by atoms with E-state index >= 15 is 0 Å². The molecule has 2 aromatic rings. The molecule has 30 heavy (non-hydrogen) atoms. The Morgan fingerprint density at radius 1 is 1.13 bits per heavy atom. The number of nitrogens with zero attached hydrogens (tertiary/aromatic N) is 1. The third-order valence-electron chi connectivity index (χ3n) is 4.60. The summed E-state index contributed by atoms with van der Waals surface area (Å²) in [6.07, 6.45) is 1.41. The van der Waals surface area contributed by atoms with Crippen molar-refractivity contribution in [1.29, 1.82) is 0 Å². The lowest BCUT2D eigenvalue weighted by atomic mass is 10.1. The first-order valence-corrected chi connectivity index (χ1v) is 11.8. The highest BCUT2D eigenvalue weighted by Crippen LogP contribution is 2.33. The minimum atomic E-state index is -3.48. The molecule has 0 bridgehead atoms. The number of rotatable bonds is 11. The van der Waals surface area contributed by atoms with Gasteiger partial charge in [-0.05, 0) is 54.7 Å². The molecule has 0 amide bonds. The summed E-state index contributed by atoms with van der Waals surface area (Å²) in [5.41, 5.74) is 2.50. The highest BCUT2D eigenvalue weighted by molar-refractivity contribution is 7.92. The number of sulfonamides is 1. The zero-order chi connectivity index (χ0) is 22.3. The average molecular weight is 434 g/mol. The fourth-order valence-corrected chi connectivity index (χ4v) is 4.82. The van der Waals surface area contributed by atoms with Crippen LogP contribution in [0.3, 0.4) is 0 Å². The third kappa shape index (κ3) is 6.49. The summed E-state index contributed by atoms with van der Waals surface area (Å²) in [6, 6.07) is 12.0. The Hall–Kier alpha value is -2.54. The van der Waals surface area contributed by atoms with Crippen LogP contribution in [0.15, 0.2) is 42.5 Å². The van der Waals surface area contributed by atoms with E-state index in [2.05, 4.69) is 0 Å². The summed E-state index contributed by atoms with van der Waals surface area (Å²) in [5.74, 6) is -0.243. The van der Waals surface area contributed by atoms with Gasteiger partial charge in [-0.25, -0.2) is 13.2 Å². The third-order valence-corrected chi connectivity index (χ3v) is 6.42. The lowest BCUT2D eigenvalue weighted by molar-refractivity contribution is 0.0697. The van der Waals surface area contributed by atoms with Gasteiger partial charge in [0.15, 0.2) is 0 Å². The first-order valence-electron chi connectivity index (χ1n) is 10.2. The van der Waals surface area contributed by atoms with E-state index in [4.69, 9.17) is 9.84 Å². The van der Waals surface area contributed by atoms with Gasteiger partial charge in [0, 0.05) is 6.54 Å². The average Bonchev–Trinajstić information content (AvgIpc) is 2.69. The zero-order valence-electron chi connectivity index (χ0n) is 18.1. The molecule has 0 unspecified atom stereocenters. The van der Waals surface area contributed by atoms with Crippen molar-refractivity contribution in [2.45, 2.75) is 47.1 Å². The summed E-state index contributed by atoms with van der Waals surface area (Å²) in [5, 5.41) is 9.02. The fraction of sp³-hybridized carbons (Fsp3) is 0.435. The van der Waals surface area contributed by atoms with Crippen LogP contribution in [0.2, 0.25) is 0 Å². The molecule has 0 spiro atoms. The second kappa shape index (κ2) is 10.5. The van der Waals surface area contributed by atoms with Crippen LogP contribution < -0.4 is 9.04 Å². The van der Waals surface area contributed by atoms with Crippen molar-refractivity contribution in [3.05, 3.63) is 59.2 Å². The second-order valence-electron chi connectivity index (χ2n) is 7.86. The number of benzene rings is 2. The number of anilines is 1. The van der Waals surface area contributed by atoms with E-state index in [1.807, 2.05) is 39.8 Å². The molecule has 2 rings (SSSR count). The molecule has 1 N–H and O–H groups in total. The van der Waals surface area contributed by atoms with Crippen molar-refractivity contribution in [1.82, 2.24) is 0 Å². The summed E-state index contributed by atoms with van der Waals surface area (Å²) in [7, 11) is -3.48. The molecule has 164 valence electrons. The first kappa shape index (κ1) is 23.7. The van der Waals surface area contributed by atoms with E-state index < -0.39 is 16.0 Å². The normalized spacial score (nSPS) is 11.5. The molecule has 0 heterocycles. The number of aryl methyl sites for hydroxylation is 1. The van der Waals surface area contributed by atoms with Gasteiger partial charge in [0.05, 0.1) is 17.0 Å². The molecular formula is C23H31NO5S. The van der Waals surface area contributed by atoms with Crippen molar-refractivity contribution in [2.24, 2.45) is 5.92 Å². The fourth-order valence-electron chi connectivity index (χ4n) is 2.98. The number of ether oxygens (including phenoxy) is 1. The Kier molecular flexibility index (Phi) is 8.29. The lowest BCUT2D eigenvalue weighted by Crippen LogP contribution is -2.36. The molecule has 0 fully saturated rings. The maximum Gasteiger partial charge on any atom is 0.335 e. The predicted octanol–water partition coefficient (Wildman–Crippen LogP) is 4.86. The van der Waals surface area contributed by atoms with Crippen LogP contribution in [0.4, 0.5) is 5.69 Å². The van der Waals surface area contributed by atoms with Crippen molar-refractivity contribution in [3.8, 4) is 5.75 Å². The highest BCUT2D eigenvalue weighted by atomic mass is 32.2. The van der Waals surface area contributed by atoms with Crippen molar-refractivity contribution in [2.75, 3.05) is 16.6 Å². The molecule has 0 saturated carbocycles. The van der Waals surface area contributed by atoms with Gasteiger partial charge in [0.2, 0.25) is 10.0 Å². The molecule has 0 saturated heterocycles. The number of unbranched alkanes of at least 4 members (excludes halogenated alkanes) is 1. The van der Waals surface area contributed by atoms with Crippen LogP contribution in [-0.2, 0) is 16.6 Å². The van der Waals surface area contributed by atoms with Gasteiger partial charge in [-0.15, -0.1) is 0 Å². The van der Waals surface area contributed by atoms with Crippen LogP contribution in [0.1, 0.15) is 55.1 Å². The largest absolute Gasteiger partial charge is 0.487 e. The molecule has 0 aromatic heterocycles. The molecule has 6 nitrogen and oxygen atoms in total. The predicted molar refractivity (Wildman–Crippen MR) is 120 cm³/mol. The summed E-state index contributed by atoms with van der Waals surface area (Å²) >= 11 is 0. The Morgan fingerprint density at radius 2 is 1.80 bits per heavy atom. The second-order valence-corrected chi connectivity index (χ2v) is 9.87. The van der Waals surface area contributed by atoms with E-state index in [-0.39, 0.29) is 23.8 Å². The summed E-state index contributed by atoms with van der Waals surface area (Å²) < 4.78 is 33.6.